The maximum atomic E-state index is 14.1. The van der Waals surface area contributed by atoms with E-state index in [1.807, 2.05) is 6.07 Å². The molecule has 192 valence electrons. The molecule has 1 saturated heterocycles. The molecule has 0 radical (unpaired) electrons. The molecule has 1 aliphatic heterocycles. The fourth-order valence-corrected chi connectivity index (χ4v) is 5.55. The predicted molar refractivity (Wildman–Crippen MR) is 126 cm³/mol. The summed E-state index contributed by atoms with van der Waals surface area (Å²) in [6, 6.07) is 10.2. The number of nitrogens with one attached hydrogen (secondary N) is 1. The van der Waals surface area contributed by atoms with Crippen molar-refractivity contribution >= 4 is 21.6 Å². The molecule has 1 aromatic heterocycles. The van der Waals surface area contributed by atoms with E-state index in [0.717, 1.165) is 4.31 Å². The van der Waals surface area contributed by atoms with Gasteiger partial charge < -0.3 is 5.32 Å². The molecule has 36 heavy (non-hydrogen) atoms. The van der Waals surface area contributed by atoms with E-state index in [9.17, 15) is 31.2 Å². The number of sulfonamides is 1. The molecule has 3 aromatic rings. The molecule has 0 spiro atoms. The summed E-state index contributed by atoms with van der Waals surface area (Å²) < 4.78 is 70.3. The zero-order chi connectivity index (χ0) is 26.2. The van der Waals surface area contributed by atoms with Crippen molar-refractivity contribution in [1.82, 2.24) is 18.6 Å². The molecular weight excluding hydrogens is 499 g/mol. The first-order valence-corrected chi connectivity index (χ1v) is 12.5. The van der Waals surface area contributed by atoms with Crippen molar-refractivity contribution < 1.29 is 26.4 Å². The molecular formula is C23H24F3N5O4S. The van der Waals surface area contributed by atoms with Gasteiger partial charge in [0.25, 0.3) is 5.56 Å². The van der Waals surface area contributed by atoms with Gasteiger partial charge in [-0.05, 0) is 31.2 Å². The van der Waals surface area contributed by atoms with Gasteiger partial charge >= 0.3 is 0 Å². The van der Waals surface area contributed by atoms with Gasteiger partial charge in [-0.15, -0.1) is 0 Å². The van der Waals surface area contributed by atoms with E-state index in [-0.39, 0.29) is 44.0 Å². The number of benzene rings is 2. The van der Waals surface area contributed by atoms with E-state index in [1.165, 1.54) is 4.68 Å². The molecule has 1 amide bonds. The number of rotatable bonds is 6. The molecule has 0 aliphatic carbocycles. The lowest BCUT2D eigenvalue weighted by molar-refractivity contribution is -0.117. The lowest BCUT2D eigenvalue weighted by Crippen LogP contribution is -2.50. The Balaban J connectivity index is 1.41. The van der Waals surface area contributed by atoms with Crippen LogP contribution >= 0.6 is 0 Å². The van der Waals surface area contributed by atoms with Crippen molar-refractivity contribution in [3.8, 4) is 5.69 Å². The number of aromatic nitrogens is 2. The largest absolute Gasteiger partial charge is 0.319 e. The molecule has 1 fully saturated rings. The van der Waals surface area contributed by atoms with Crippen molar-refractivity contribution in [2.24, 2.45) is 7.05 Å². The van der Waals surface area contributed by atoms with Crippen LogP contribution in [-0.4, -0.2) is 65.6 Å². The normalized spacial score (nSPS) is 15.2. The summed E-state index contributed by atoms with van der Waals surface area (Å²) in [5.74, 6) is -5.56. The van der Waals surface area contributed by atoms with Crippen LogP contribution in [0.3, 0.4) is 0 Å². The molecule has 0 saturated carbocycles. The highest BCUT2D eigenvalue weighted by Crippen LogP contribution is 2.24. The smallest absolute Gasteiger partial charge is 0.295 e. The summed E-state index contributed by atoms with van der Waals surface area (Å²) >= 11 is 0. The fraction of sp³-hybridized carbons (Fsp3) is 0.304. The highest BCUT2D eigenvalue weighted by Gasteiger charge is 2.33. The second kappa shape index (κ2) is 9.91. The van der Waals surface area contributed by atoms with Crippen molar-refractivity contribution in [3.63, 3.8) is 0 Å². The SMILES string of the molecule is Cc1c(NC(=O)CN2CCN(S(=O)(=O)c3ccc(F)c(F)c3F)CC2)c(=O)n(-c2ccccc2)n1C. The number of carbonyl (C=O) groups excluding carboxylic acids is 1. The van der Waals surface area contributed by atoms with E-state index >= 15 is 0 Å². The molecule has 1 N–H and O–H groups in total. The monoisotopic (exact) mass is 523 g/mol. The minimum atomic E-state index is -4.39. The Morgan fingerprint density at radius 3 is 2.25 bits per heavy atom. The third-order valence-corrected chi connectivity index (χ3v) is 8.05. The van der Waals surface area contributed by atoms with Crippen LogP contribution < -0.4 is 10.9 Å². The van der Waals surface area contributed by atoms with Crippen LogP contribution in [0.4, 0.5) is 18.9 Å². The van der Waals surface area contributed by atoms with Gasteiger partial charge in [0, 0.05) is 33.2 Å². The maximum Gasteiger partial charge on any atom is 0.295 e. The van der Waals surface area contributed by atoms with Gasteiger partial charge in [-0.3, -0.25) is 19.2 Å². The molecule has 1 aliphatic rings. The van der Waals surface area contributed by atoms with E-state index in [2.05, 4.69) is 5.32 Å². The van der Waals surface area contributed by atoms with Crippen LogP contribution in [0, 0.1) is 24.4 Å². The summed E-state index contributed by atoms with van der Waals surface area (Å²) in [6.45, 7) is 1.71. The Bertz CT molecular complexity index is 1460. The number of nitrogens with zero attached hydrogens (tertiary/aromatic N) is 4. The molecule has 2 heterocycles. The van der Waals surface area contributed by atoms with Crippen LogP contribution in [0.5, 0.6) is 0 Å². The van der Waals surface area contributed by atoms with Gasteiger partial charge in [0.1, 0.15) is 10.6 Å². The number of carbonyl (C=O) groups is 1. The summed E-state index contributed by atoms with van der Waals surface area (Å²) in [5, 5.41) is 2.65. The molecule has 9 nitrogen and oxygen atoms in total. The molecule has 4 rings (SSSR count). The van der Waals surface area contributed by atoms with Gasteiger partial charge in [0.2, 0.25) is 15.9 Å². The number of halogens is 3. The van der Waals surface area contributed by atoms with E-state index in [0.29, 0.717) is 23.5 Å². The zero-order valence-corrected chi connectivity index (χ0v) is 20.4. The van der Waals surface area contributed by atoms with Crippen LogP contribution in [0.15, 0.2) is 52.2 Å². The predicted octanol–water partition coefficient (Wildman–Crippen LogP) is 1.85. The van der Waals surface area contributed by atoms with Crippen LogP contribution in [0.25, 0.3) is 5.69 Å². The van der Waals surface area contributed by atoms with Gasteiger partial charge in [-0.1, -0.05) is 18.2 Å². The van der Waals surface area contributed by atoms with Crippen molar-refractivity contribution in [2.75, 3.05) is 38.0 Å². The Kier molecular flexibility index (Phi) is 7.07. The number of hydrogen-bond donors (Lipinski definition) is 1. The van der Waals surface area contributed by atoms with E-state index in [4.69, 9.17) is 0 Å². The number of piperazine rings is 1. The first-order valence-electron chi connectivity index (χ1n) is 11.0. The molecule has 0 atom stereocenters. The number of amides is 1. The standard InChI is InChI=1S/C23H24F3N5O4S/c1-15-22(23(33)31(28(15)2)16-6-4-3-5-7-16)27-19(32)14-29-10-12-30(13-11-29)36(34,35)18-9-8-17(24)20(25)21(18)26/h3-9H,10-14H2,1-2H3,(H,27,32). The average molecular weight is 524 g/mol. The lowest BCUT2D eigenvalue weighted by atomic mass is 10.3. The molecule has 13 heteroatoms. The molecule has 2 aromatic carbocycles. The van der Waals surface area contributed by atoms with Crippen molar-refractivity contribution in [2.45, 2.75) is 11.8 Å². The van der Waals surface area contributed by atoms with Crippen LogP contribution in [0.1, 0.15) is 5.69 Å². The third kappa shape index (κ3) is 4.68. The third-order valence-electron chi connectivity index (χ3n) is 6.13. The Morgan fingerprint density at radius 1 is 0.972 bits per heavy atom. The highest BCUT2D eigenvalue weighted by molar-refractivity contribution is 7.89. The number of para-hydroxylation sites is 1. The minimum absolute atomic E-state index is 0.0841. The van der Waals surface area contributed by atoms with Gasteiger partial charge in [-0.2, -0.15) is 4.31 Å². The molecule has 0 unspecified atom stereocenters. The lowest BCUT2D eigenvalue weighted by Gasteiger charge is -2.33. The molecule has 0 bridgehead atoms. The quantitative estimate of drug-likeness (QED) is 0.498. The second-order valence-electron chi connectivity index (χ2n) is 8.34. The zero-order valence-electron chi connectivity index (χ0n) is 19.5. The Labute approximate surface area is 205 Å². The number of anilines is 1. The van der Waals surface area contributed by atoms with Gasteiger partial charge in [0.05, 0.1) is 17.9 Å². The second-order valence-corrected chi connectivity index (χ2v) is 10.2. The van der Waals surface area contributed by atoms with Gasteiger partial charge in [-0.25, -0.2) is 26.3 Å². The van der Waals surface area contributed by atoms with Crippen molar-refractivity contribution in [1.29, 1.82) is 0 Å². The first-order chi connectivity index (χ1) is 17.0. The van der Waals surface area contributed by atoms with E-state index < -0.39 is 38.3 Å². The maximum absolute atomic E-state index is 14.1. The Morgan fingerprint density at radius 2 is 1.61 bits per heavy atom. The highest BCUT2D eigenvalue weighted by atomic mass is 32.2. The van der Waals surface area contributed by atoms with E-state index in [1.54, 1.807) is 47.8 Å². The summed E-state index contributed by atoms with van der Waals surface area (Å²) in [5.41, 5.74) is 0.950. The summed E-state index contributed by atoms with van der Waals surface area (Å²) in [7, 11) is -2.69. The van der Waals surface area contributed by atoms with Crippen LogP contribution in [0.2, 0.25) is 0 Å². The van der Waals surface area contributed by atoms with Crippen LogP contribution in [-0.2, 0) is 21.9 Å². The first kappa shape index (κ1) is 25.7. The summed E-state index contributed by atoms with van der Waals surface area (Å²) in [4.78, 5) is 26.4. The van der Waals surface area contributed by atoms with Crippen molar-refractivity contribution in [3.05, 3.63) is 76.0 Å². The Hall–Kier alpha value is -3.42. The topological polar surface area (TPSA) is 96.7 Å². The average Bonchev–Trinajstić information content (AvgIpc) is 3.06. The fourth-order valence-electron chi connectivity index (χ4n) is 4.07. The number of hydrogen-bond acceptors (Lipinski definition) is 5. The summed E-state index contributed by atoms with van der Waals surface area (Å²) in [6.07, 6.45) is 0. The minimum Gasteiger partial charge on any atom is -0.319 e. The van der Waals surface area contributed by atoms with Gasteiger partial charge in [0.15, 0.2) is 17.5 Å².